The third-order valence-electron chi connectivity index (χ3n) is 3.13. The molecule has 0 aliphatic carbocycles. The van der Waals surface area contributed by atoms with Gasteiger partial charge in [0.05, 0.1) is 12.1 Å². The second kappa shape index (κ2) is 6.29. The number of hydrogen-bond donors (Lipinski definition) is 0. The number of carbonyl (C=O) groups is 1. The number of nitrogens with zero attached hydrogens (tertiary/aromatic N) is 1. The van der Waals surface area contributed by atoms with Gasteiger partial charge in [0, 0.05) is 10.3 Å². The van der Waals surface area contributed by atoms with Crippen LogP contribution >= 0.6 is 11.8 Å². The Morgan fingerprint density at radius 1 is 1.45 bits per heavy atom. The number of aliphatic imine (C=N–C) groups is 1. The lowest BCUT2D eigenvalue weighted by Gasteiger charge is -2.18. The van der Waals surface area contributed by atoms with Gasteiger partial charge in [-0.1, -0.05) is 6.07 Å². The van der Waals surface area contributed by atoms with Gasteiger partial charge in [0.15, 0.2) is 11.3 Å². The minimum Gasteiger partial charge on any atom is -0.457 e. The van der Waals surface area contributed by atoms with Gasteiger partial charge in [-0.25, -0.2) is 4.79 Å². The van der Waals surface area contributed by atoms with Crippen LogP contribution < -0.4 is 4.18 Å². The SMILES string of the molecule is CSC(C)(C)CN=CS(=O)(=O)Oc1cccc2c1COC2=O. The zero-order valence-electron chi connectivity index (χ0n) is 12.5. The van der Waals surface area contributed by atoms with Gasteiger partial charge < -0.3 is 8.92 Å². The minimum atomic E-state index is -3.97. The molecule has 1 aliphatic rings. The molecule has 2 rings (SSSR count). The van der Waals surface area contributed by atoms with Crippen molar-refractivity contribution in [2.45, 2.75) is 25.2 Å². The lowest BCUT2D eigenvalue weighted by atomic mass is 10.1. The van der Waals surface area contributed by atoms with Crippen molar-refractivity contribution >= 4 is 33.4 Å². The van der Waals surface area contributed by atoms with Crippen molar-refractivity contribution in [2.75, 3.05) is 12.8 Å². The zero-order chi connectivity index (χ0) is 16.4. The van der Waals surface area contributed by atoms with E-state index in [0.717, 1.165) is 5.55 Å². The number of cyclic esters (lactones) is 1. The highest BCUT2D eigenvalue weighted by molar-refractivity contribution is 8.00. The third-order valence-corrected chi connectivity index (χ3v) is 5.19. The Balaban J connectivity index is 2.14. The van der Waals surface area contributed by atoms with Gasteiger partial charge in [0.2, 0.25) is 0 Å². The van der Waals surface area contributed by atoms with Crippen LogP contribution in [0.1, 0.15) is 29.8 Å². The number of benzene rings is 1. The second-order valence-corrected chi connectivity index (χ2v) is 8.22. The van der Waals surface area contributed by atoms with Gasteiger partial charge in [-0.05, 0) is 32.2 Å². The predicted octanol–water partition coefficient (Wildman–Crippen LogP) is 2.24. The van der Waals surface area contributed by atoms with Crippen molar-refractivity contribution in [3.05, 3.63) is 29.3 Å². The molecule has 1 heterocycles. The summed E-state index contributed by atoms with van der Waals surface area (Å²) in [5.41, 5.74) is 1.57. The molecule has 0 fully saturated rings. The molecule has 8 heteroatoms. The molecule has 6 nitrogen and oxygen atoms in total. The van der Waals surface area contributed by atoms with E-state index in [9.17, 15) is 13.2 Å². The molecule has 0 spiro atoms. The molecule has 0 saturated carbocycles. The number of hydrogen-bond acceptors (Lipinski definition) is 7. The smallest absolute Gasteiger partial charge is 0.349 e. The lowest BCUT2D eigenvalue weighted by Crippen LogP contribution is -2.19. The predicted molar refractivity (Wildman–Crippen MR) is 86.1 cm³/mol. The van der Waals surface area contributed by atoms with Gasteiger partial charge in [-0.3, -0.25) is 4.99 Å². The summed E-state index contributed by atoms with van der Waals surface area (Å²) in [6.07, 6.45) is 1.94. The Morgan fingerprint density at radius 3 is 2.86 bits per heavy atom. The average molecular weight is 343 g/mol. The van der Waals surface area contributed by atoms with Gasteiger partial charge in [-0.15, -0.1) is 0 Å². The summed E-state index contributed by atoms with van der Waals surface area (Å²) in [6, 6.07) is 4.60. The van der Waals surface area contributed by atoms with Crippen LogP contribution in [0, 0.1) is 0 Å². The fourth-order valence-electron chi connectivity index (χ4n) is 1.76. The van der Waals surface area contributed by atoms with E-state index in [2.05, 4.69) is 4.99 Å². The highest BCUT2D eigenvalue weighted by Crippen LogP contribution is 2.29. The maximum atomic E-state index is 12.0. The van der Waals surface area contributed by atoms with E-state index in [4.69, 9.17) is 8.92 Å². The molecular weight excluding hydrogens is 326 g/mol. The molecule has 120 valence electrons. The van der Waals surface area contributed by atoms with Crippen molar-refractivity contribution < 1.29 is 22.1 Å². The standard InChI is InChI=1S/C14H17NO5S2/c1-14(2,21-3)8-15-9-22(17,18)20-12-6-4-5-10-11(12)7-19-13(10)16/h4-6,9H,7-8H2,1-3H3. The molecule has 0 bridgehead atoms. The van der Waals surface area contributed by atoms with Crippen molar-refractivity contribution in [1.82, 2.24) is 0 Å². The van der Waals surface area contributed by atoms with Crippen LogP contribution in [-0.2, 0) is 21.5 Å². The molecule has 0 atom stereocenters. The minimum absolute atomic E-state index is 0.0104. The van der Waals surface area contributed by atoms with E-state index in [0.29, 0.717) is 17.7 Å². The van der Waals surface area contributed by atoms with Gasteiger partial charge >= 0.3 is 16.1 Å². The quantitative estimate of drug-likeness (QED) is 0.341. The highest BCUT2D eigenvalue weighted by atomic mass is 32.2. The Bertz CT molecular complexity index is 710. The first-order valence-corrected chi connectivity index (χ1v) is 9.22. The van der Waals surface area contributed by atoms with Crippen LogP contribution in [-0.4, -0.2) is 37.5 Å². The van der Waals surface area contributed by atoms with Crippen LogP contribution in [0.15, 0.2) is 23.2 Å². The maximum Gasteiger partial charge on any atom is 0.349 e. The summed E-state index contributed by atoms with van der Waals surface area (Å²) < 4.78 is 33.6. The van der Waals surface area contributed by atoms with Crippen molar-refractivity contribution in [1.29, 1.82) is 0 Å². The molecule has 0 amide bonds. The molecular formula is C14H17NO5S2. The van der Waals surface area contributed by atoms with Crippen LogP contribution in [0.25, 0.3) is 0 Å². The Morgan fingerprint density at radius 2 is 2.18 bits per heavy atom. The summed E-state index contributed by atoms with van der Waals surface area (Å²) in [5, 5.41) is 0. The molecule has 1 aromatic rings. The zero-order valence-corrected chi connectivity index (χ0v) is 14.2. The van der Waals surface area contributed by atoms with Crippen LogP contribution in [0.3, 0.4) is 0 Å². The highest BCUT2D eigenvalue weighted by Gasteiger charge is 2.26. The van der Waals surface area contributed by atoms with Crippen LogP contribution in [0.2, 0.25) is 0 Å². The van der Waals surface area contributed by atoms with Crippen molar-refractivity contribution in [3.63, 3.8) is 0 Å². The lowest BCUT2D eigenvalue weighted by molar-refractivity contribution is 0.0534. The van der Waals surface area contributed by atoms with E-state index in [1.54, 1.807) is 23.9 Å². The first-order valence-electron chi connectivity index (χ1n) is 6.52. The summed E-state index contributed by atoms with van der Waals surface area (Å²) in [6.45, 7) is 4.30. The summed E-state index contributed by atoms with van der Waals surface area (Å²) in [4.78, 5) is 15.4. The molecule has 1 aromatic carbocycles. The first kappa shape index (κ1) is 16.8. The fourth-order valence-corrected chi connectivity index (χ4v) is 2.67. The molecule has 0 N–H and O–H groups in total. The molecule has 1 aliphatic heterocycles. The van der Waals surface area contributed by atoms with E-state index < -0.39 is 16.1 Å². The topological polar surface area (TPSA) is 82.0 Å². The Hall–Kier alpha value is -1.54. The number of thioether (sulfide) groups is 1. The maximum absolute atomic E-state index is 12.0. The van der Waals surface area contributed by atoms with Crippen molar-refractivity contribution in [2.24, 2.45) is 4.99 Å². The van der Waals surface area contributed by atoms with Crippen molar-refractivity contribution in [3.8, 4) is 5.75 Å². The van der Waals surface area contributed by atoms with Gasteiger partial charge in [-0.2, -0.15) is 20.2 Å². The Labute approximate surface area is 134 Å². The van der Waals surface area contributed by atoms with Gasteiger partial charge in [0.1, 0.15) is 6.61 Å². The normalized spacial score (nSPS) is 15.0. The number of ether oxygens (including phenoxy) is 1. The molecule has 22 heavy (non-hydrogen) atoms. The first-order chi connectivity index (χ1) is 10.2. The molecule has 0 aromatic heterocycles. The number of rotatable bonds is 6. The van der Waals surface area contributed by atoms with Crippen LogP contribution in [0.5, 0.6) is 5.75 Å². The summed E-state index contributed by atoms with van der Waals surface area (Å²) in [5.74, 6) is -0.382. The fraction of sp³-hybridized carbons (Fsp3) is 0.429. The van der Waals surface area contributed by atoms with E-state index >= 15 is 0 Å². The van der Waals surface area contributed by atoms with E-state index in [-0.39, 0.29) is 17.1 Å². The number of fused-ring (bicyclic) bond motifs is 1. The second-order valence-electron chi connectivity index (χ2n) is 5.34. The number of carbonyl (C=O) groups excluding carboxylic acids is 1. The average Bonchev–Trinajstić information content (AvgIpc) is 2.81. The van der Waals surface area contributed by atoms with E-state index in [1.165, 1.54) is 6.07 Å². The number of esters is 1. The van der Waals surface area contributed by atoms with E-state index in [1.807, 2.05) is 20.1 Å². The monoisotopic (exact) mass is 343 g/mol. The van der Waals surface area contributed by atoms with Crippen LogP contribution in [0.4, 0.5) is 0 Å². The van der Waals surface area contributed by atoms with Gasteiger partial charge in [0.25, 0.3) is 0 Å². The summed E-state index contributed by atoms with van der Waals surface area (Å²) >= 11 is 1.59. The molecule has 0 radical (unpaired) electrons. The largest absolute Gasteiger partial charge is 0.457 e. The third kappa shape index (κ3) is 4.01. The molecule has 0 unspecified atom stereocenters. The molecule has 0 saturated heterocycles. The Kier molecular flexibility index (Phi) is 4.81. The summed E-state index contributed by atoms with van der Waals surface area (Å²) in [7, 11) is -3.97.